The van der Waals surface area contributed by atoms with Crippen LogP contribution in [0.1, 0.15) is 49.7 Å². The molecule has 0 unspecified atom stereocenters. The number of rotatable bonds is 1. The van der Waals surface area contributed by atoms with Crippen molar-refractivity contribution < 1.29 is 9.59 Å². The molecule has 0 atom stereocenters. The Kier molecular flexibility index (Phi) is 3.68. The maximum atomic E-state index is 13.0. The van der Waals surface area contributed by atoms with Gasteiger partial charge in [0.05, 0.1) is 11.1 Å². The van der Waals surface area contributed by atoms with Gasteiger partial charge >= 0.3 is 0 Å². The third-order valence-corrected chi connectivity index (χ3v) is 5.43. The van der Waals surface area contributed by atoms with Crippen LogP contribution in [0.4, 0.5) is 5.69 Å². The van der Waals surface area contributed by atoms with E-state index in [1.54, 1.807) is 0 Å². The molecule has 3 rings (SSSR count). The second-order valence-electron chi connectivity index (χ2n) is 6.46. The number of nitrogens with zero attached hydrogens (tertiary/aromatic N) is 1. The van der Waals surface area contributed by atoms with Gasteiger partial charge < -0.3 is 0 Å². The van der Waals surface area contributed by atoms with Crippen molar-refractivity contribution >= 4 is 33.4 Å². The van der Waals surface area contributed by atoms with E-state index in [0.29, 0.717) is 6.42 Å². The molecular formula is C17H20BrNO2. The smallest absolute Gasteiger partial charge is 0.240 e. The summed E-state index contributed by atoms with van der Waals surface area (Å²) < 4.78 is 0.828. The fraction of sp³-hybridized carbons (Fsp3) is 0.529. The summed E-state index contributed by atoms with van der Waals surface area (Å²) in [5.41, 5.74) is 2.40. The van der Waals surface area contributed by atoms with Crippen molar-refractivity contribution in [3.63, 3.8) is 0 Å². The summed E-state index contributed by atoms with van der Waals surface area (Å²) >= 11 is 3.53. The fourth-order valence-electron chi connectivity index (χ4n) is 3.83. The Morgan fingerprint density at radius 2 is 1.76 bits per heavy atom. The lowest BCUT2D eigenvalue weighted by Gasteiger charge is -2.31. The van der Waals surface area contributed by atoms with Crippen LogP contribution < -0.4 is 4.90 Å². The molecule has 0 N–H and O–H groups in total. The molecule has 3 nitrogen and oxygen atoms in total. The zero-order valence-electron chi connectivity index (χ0n) is 12.5. The van der Waals surface area contributed by atoms with Gasteiger partial charge in [-0.25, -0.2) is 4.90 Å². The average molecular weight is 350 g/mol. The molecule has 1 aromatic carbocycles. The van der Waals surface area contributed by atoms with Crippen molar-refractivity contribution in [2.75, 3.05) is 4.90 Å². The first kappa shape index (κ1) is 14.8. The third kappa shape index (κ3) is 2.33. The van der Waals surface area contributed by atoms with Gasteiger partial charge in [0.25, 0.3) is 0 Å². The summed E-state index contributed by atoms with van der Waals surface area (Å²) in [4.78, 5) is 26.9. The van der Waals surface area contributed by atoms with E-state index in [9.17, 15) is 9.59 Å². The minimum atomic E-state index is -0.425. The molecule has 1 aromatic rings. The first-order valence-electron chi connectivity index (χ1n) is 7.59. The number of hydrogen-bond acceptors (Lipinski definition) is 2. The number of hydrogen-bond donors (Lipinski definition) is 0. The first-order chi connectivity index (χ1) is 9.94. The summed E-state index contributed by atoms with van der Waals surface area (Å²) in [6.07, 6.45) is 5.39. The highest BCUT2D eigenvalue weighted by molar-refractivity contribution is 9.10. The van der Waals surface area contributed by atoms with Crippen LogP contribution in [0.2, 0.25) is 0 Å². The number of anilines is 1. The van der Waals surface area contributed by atoms with E-state index in [0.717, 1.165) is 47.0 Å². The molecule has 112 valence electrons. The van der Waals surface area contributed by atoms with Crippen LogP contribution in [0, 0.1) is 19.3 Å². The highest BCUT2D eigenvalue weighted by Crippen LogP contribution is 2.48. The number of aryl methyl sites for hydroxylation is 2. The zero-order chi connectivity index (χ0) is 15.2. The van der Waals surface area contributed by atoms with E-state index in [1.807, 2.05) is 26.0 Å². The van der Waals surface area contributed by atoms with Gasteiger partial charge in [-0.2, -0.15) is 0 Å². The predicted octanol–water partition coefficient (Wildman–Crippen LogP) is 4.28. The number of benzene rings is 1. The number of carbonyl (C=O) groups excluding carboxylic acids is 2. The Balaban J connectivity index is 2.04. The lowest BCUT2D eigenvalue weighted by Crippen LogP contribution is -2.37. The quantitative estimate of drug-likeness (QED) is 0.709. The Bertz CT molecular complexity index is 594. The molecule has 1 aliphatic heterocycles. The monoisotopic (exact) mass is 349 g/mol. The highest BCUT2D eigenvalue weighted by Gasteiger charge is 2.52. The molecule has 0 aromatic heterocycles. The molecule has 2 aliphatic rings. The number of amides is 2. The Hall–Kier alpha value is -1.16. The van der Waals surface area contributed by atoms with Gasteiger partial charge in [0.15, 0.2) is 0 Å². The van der Waals surface area contributed by atoms with Crippen molar-refractivity contribution in [2.24, 2.45) is 5.41 Å². The molecule has 1 aliphatic carbocycles. The van der Waals surface area contributed by atoms with E-state index in [4.69, 9.17) is 0 Å². The number of imide groups is 1. The molecule has 21 heavy (non-hydrogen) atoms. The largest absolute Gasteiger partial charge is 0.274 e. The molecule has 1 saturated carbocycles. The molecule has 2 fully saturated rings. The number of halogens is 1. The molecule has 2 amide bonds. The minimum Gasteiger partial charge on any atom is -0.274 e. The second kappa shape index (κ2) is 5.24. The van der Waals surface area contributed by atoms with Crippen LogP contribution in [-0.2, 0) is 9.59 Å². The highest BCUT2D eigenvalue weighted by atomic mass is 79.9. The van der Waals surface area contributed by atoms with Crippen LogP contribution >= 0.6 is 15.9 Å². The topological polar surface area (TPSA) is 37.4 Å². The fourth-order valence-corrected chi connectivity index (χ4v) is 4.68. The average Bonchev–Trinajstić information content (AvgIpc) is 2.63. The van der Waals surface area contributed by atoms with Crippen molar-refractivity contribution in [3.05, 3.63) is 27.7 Å². The first-order valence-corrected chi connectivity index (χ1v) is 8.38. The Morgan fingerprint density at radius 3 is 2.38 bits per heavy atom. The summed E-state index contributed by atoms with van der Waals surface area (Å²) in [7, 11) is 0. The van der Waals surface area contributed by atoms with E-state index >= 15 is 0 Å². The predicted molar refractivity (Wildman–Crippen MR) is 86.2 cm³/mol. The van der Waals surface area contributed by atoms with Crippen LogP contribution in [0.3, 0.4) is 0 Å². The molecule has 1 spiro atoms. The molecular weight excluding hydrogens is 330 g/mol. The Labute approximate surface area is 133 Å². The number of carbonyl (C=O) groups is 2. The molecule has 0 bridgehead atoms. The SMILES string of the molecule is Cc1cc(C)c(N2C(=O)CC3(CCCCC3)C2=O)c(Br)c1. The maximum absolute atomic E-state index is 13.0. The van der Waals surface area contributed by atoms with Crippen molar-refractivity contribution in [1.29, 1.82) is 0 Å². The van der Waals surface area contributed by atoms with Crippen molar-refractivity contribution in [3.8, 4) is 0 Å². The van der Waals surface area contributed by atoms with Crippen molar-refractivity contribution in [1.82, 2.24) is 0 Å². The van der Waals surface area contributed by atoms with Crippen LogP contribution in [0.15, 0.2) is 16.6 Å². The van der Waals surface area contributed by atoms with Gasteiger partial charge in [-0.05, 0) is 59.8 Å². The van der Waals surface area contributed by atoms with E-state index in [1.165, 1.54) is 11.3 Å². The second-order valence-corrected chi connectivity index (χ2v) is 7.32. The zero-order valence-corrected chi connectivity index (χ0v) is 14.1. The molecule has 1 heterocycles. The standard InChI is InChI=1S/C17H20BrNO2/c1-11-8-12(2)15(13(18)9-11)19-14(20)10-17(16(19)21)6-4-3-5-7-17/h8-9H,3-7,10H2,1-2H3. The van der Waals surface area contributed by atoms with Gasteiger partial charge in [-0.1, -0.05) is 25.3 Å². The van der Waals surface area contributed by atoms with Crippen LogP contribution in [0.25, 0.3) is 0 Å². The van der Waals surface area contributed by atoms with E-state index in [2.05, 4.69) is 15.9 Å². The van der Waals surface area contributed by atoms with Crippen LogP contribution in [-0.4, -0.2) is 11.8 Å². The Morgan fingerprint density at radius 1 is 1.10 bits per heavy atom. The summed E-state index contributed by atoms with van der Waals surface area (Å²) in [5, 5.41) is 0. The third-order valence-electron chi connectivity index (χ3n) is 4.83. The molecule has 4 heteroatoms. The maximum Gasteiger partial charge on any atom is 0.240 e. The summed E-state index contributed by atoms with van der Waals surface area (Å²) in [6, 6.07) is 3.99. The van der Waals surface area contributed by atoms with Gasteiger partial charge in [0.2, 0.25) is 11.8 Å². The molecule has 0 radical (unpaired) electrons. The van der Waals surface area contributed by atoms with E-state index < -0.39 is 5.41 Å². The van der Waals surface area contributed by atoms with Gasteiger partial charge in [0.1, 0.15) is 0 Å². The van der Waals surface area contributed by atoms with E-state index in [-0.39, 0.29) is 11.8 Å². The van der Waals surface area contributed by atoms with Gasteiger partial charge in [-0.15, -0.1) is 0 Å². The van der Waals surface area contributed by atoms with Gasteiger partial charge in [-0.3, -0.25) is 9.59 Å². The summed E-state index contributed by atoms with van der Waals surface area (Å²) in [6.45, 7) is 3.97. The lowest BCUT2D eigenvalue weighted by atomic mass is 9.73. The lowest BCUT2D eigenvalue weighted by molar-refractivity contribution is -0.127. The normalized spacial score (nSPS) is 21.4. The molecule has 1 saturated heterocycles. The van der Waals surface area contributed by atoms with Crippen LogP contribution in [0.5, 0.6) is 0 Å². The summed E-state index contributed by atoms with van der Waals surface area (Å²) in [5.74, 6) is -0.0330. The van der Waals surface area contributed by atoms with Crippen molar-refractivity contribution in [2.45, 2.75) is 52.4 Å². The van der Waals surface area contributed by atoms with Gasteiger partial charge in [0, 0.05) is 10.9 Å². The minimum absolute atomic E-state index is 0.0138.